The molecule has 4 rings (SSSR count). The van der Waals surface area contributed by atoms with Crippen molar-refractivity contribution in [1.29, 1.82) is 0 Å². The number of anilines is 1. The van der Waals surface area contributed by atoms with E-state index in [1.807, 2.05) is 12.3 Å². The van der Waals surface area contributed by atoms with Crippen LogP contribution < -0.4 is 10.2 Å². The second-order valence-electron chi connectivity index (χ2n) is 6.03. The standard InChI is InChI=1S/C15H17N7OS/c1-9-5-24-14(20-9)15(21-10(2)23)3-4-22(6-15)13-11-12(17-7-16-11)18-8-19-13/h5,7-8H,3-4,6H2,1-2H3,(H,21,23)(H,16,17,18,19). The normalized spacial score (nSPS) is 20.7. The number of aromatic amines is 1. The minimum absolute atomic E-state index is 0.0564. The SMILES string of the molecule is CC(=O)NC1(c2nc(C)cs2)CCN(c2ncnc3nc[nH]c23)C1. The van der Waals surface area contributed by atoms with E-state index in [4.69, 9.17) is 0 Å². The molecular formula is C15H17N7OS. The minimum atomic E-state index is -0.484. The number of aryl methyl sites for hydroxylation is 1. The fourth-order valence-electron chi connectivity index (χ4n) is 3.22. The number of carbonyl (C=O) groups is 1. The van der Waals surface area contributed by atoms with E-state index < -0.39 is 5.54 Å². The average molecular weight is 343 g/mol. The number of hydrogen-bond acceptors (Lipinski definition) is 7. The van der Waals surface area contributed by atoms with Crippen molar-refractivity contribution in [3.63, 3.8) is 0 Å². The van der Waals surface area contributed by atoms with Gasteiger partial charge in [-0.3, -0.25) is 4.79 Å². The Morgan fingerprint density at radius 1 is 1.42 bits per heavy atom. The summed E-state index contributed by atoms with van der Waals surface area (Å²) in [6.07, 6.45) is 3.91. The van der Waals surface area contributed by atoms with Crippen LogP contribution in [0, 0.1) is 6.92 Å². The van der Waals surface area contributed by atoms with Gasteiger partial charge in [0.05, 0.1) is 6.33 Å². The summed E-state index contributed by atoms with van der Waals surface area (Å²) in [5.74, 6) is 0.747. The molecule has 0 saturated carbocycles. The molecule has 1 aliphatic heterocycles. The van der Waals surface area contributed by atoms with Crippen molar-refractivity contribution < 1.29 is 4.79 Å². The molecule has 2 N–H and O–H groups in total. The molecule has 1 atom stereocenters. The summed E-state index contributed by atoms with van der Waals surface area (Å²) >= 11 is 1.58. The van der Waals surface area contributed by atoms with Gasteiger partial charge in [0.25, 0.3) is 0 Å². The molecule has 3 aromatic heterocycles. The van der Waals surface area contributed by atoms with Crippen LogP contribution in [-0.4, -0.2) is 43.9 Å². The second kappa shape index (κ2) is 5.52. The van der Waals surface area contributed by atoms with Crippen LogP contribution in [-0.2, 0) is 10.3 Å². The fraction of sp³-hybridized carbons (Fsp3) is 0.400. The van der Waals surface area contributed by atoms with E-state index in [2.05, 4.69) is 35.1 Å². The van der Waals surface area contributed by atoms with Crippen molar-refractivity contribution in [3.8, 4) is 0 Å². The zero-order chi connectivity index (χ0) is 16.7. The molecule has 1 fully saturated rings. The Kier molecular flexibility index (Phi) is 3.45. The highest BCUT2D eigenvalue weighted by atomic mass is 32.1. The predicted molar refractivity (Wildman–Crippen MR) is 90.9 cm³/mol. The molecule has 0 bridgehead atoms. The minimum Gasteiger partial charge on any atom is -0.352 e. The van der Waals surface area contributed by atoms with Crippen molar-refractivity contribution in [1.82, 2.24) is 30.2 Å². The summed E-state index contributed by atoms with van der Waals surface area (Å²) in [5, 5.41) is 6.08. The van der Waals surface area contributed by atoms with E-state index in [1.165, 1.54) is 6.33 Å². The van der Waals surface area contributed by atoms with Crippen LogP contribution in [0.15, 0.2) is 18.0 Å². The van der Waals surface area contributed by atoms with Crippen LogP contribution >= 0.6 is 11.3 Å². The third-order valence-corrected chi connectivity index (χ3v) is 5.38. The Hall–Kier alpha value is -2.55. The number of hydrogen-bond donors (Lipinski definition) is 2. The maximum absolute atomic E-state index is 11.8. The van der Waals surface area contributed by atoms with Crippen LogP contribution in [0.5, 0.6) is 0 Å². The zero-order valence-electron chi connectivity index (χ0n) is 13.4. The number of carbonyl (C=O) groups excluding carboxylic acids is 1. The molecule has 9 heteroatoms. The fourth-order valence-corrected chi connectivity index (χ4v) is 4.20. The van der Waals surface area contributed by atoms with E-state index in [-0.39, 0.29) is 5.91 Å². The van der Waals surface area contributed by atoms with Crippen molar-refractivity contribution in [2.75, 3.05) is 18.0 Å². The predicted octanol–water partition coefficient (Wildman–Crippen LogP) is 1.36. The Morgan fingerprint density at radius 2 is 2.29 bits per heavy atom. The number of rotatable bonds is 3. The Balaban J connectivity index is 1.72. The molecule has 4 heterocycles. The molecule has 0 radical (unpaired) electrons. The molecule has 1 amide bonds. The van der Waals surface area contributed by atoms with E-state index in [1.54, 1.807) is 24.6 Å². The number of thiazole rings is 1. The first-order chi connectivity index (χ1) is 11.6. The molecule has 3 aromatic rings. The average Bonchev–Trinajstić information content (AvgIpc) is 3.25. The van der Waals surface area contributed by atoms with Gasteiger partial charge in [0.15, 0.2) is 11.5 Å². The van der Waals surface area contributed by atoms with E-state index >= 15 is 0 Å². The van der Waals surface area contributed by atoms with E-state index in [0.29, 0.717) is 12.2 Å². The lowest BCUT2D eigenvalue weighted by Crippen LogP contribution is -2.47. The first-order valence-electron chi connectivity index (χ1n) is 7.68. The van der Waals surface area contributed by atoms with Crippen molar-refractivity contribution in [3.05, 3.63) is 28.7 Å². The van der Waals surface area contributed by atoms with E-state index in [0.717, 1.165) is 35.0 Å². The van der Waals surface area contributed by atoms with Gasteiger partial charge in [0.1, 0.15) is 22.4 Å². The highest BCUT2D eigenvalue weighted by Crippen LogP contribution is 2.37. The summed E-state index contributed by atoms with van der Waals surface area (Å²) in [6.45, 7) is 4.89. The first-order valence-corrected chi connectivity index (χ1v) is 8.56. The van der Waals surface area contributed by atoms with Gasteiger partial charge in [0.2, 0.25) is 5.91 Å². The smallest absolute Gasteiger partial charge is 0.217 e. The lowest BCUT2D eigenvalue weighted by Gasteiger charge is -2.28. The first kappa shape index (κ1) is 15.0. The summed E-state index contributed by atoms with van der Waals surface area (Å²) in [7, 11) is 0. The summed E-state index contributed by atoms with van der Waals surface area (Å²) < 4.78 is 0. The van der Waals surface area contributed by atoms with Gasteiger partial charge in [-0.05, 0) is 13.3 Å². The lowest BCUT2D eigenvalue weighted by atomic mass is 9.99. The number of fused-ring (bicyclic) bond motifs is 1. The van der Waals surface area contributed by atoms with Gasteiger partial charge < -0.3 is 15.2 Å². The third-order valence-electron chi connectivity index (χ3n) is 4.22. The number of nitrogens with one attached hydrogen (secondary N) is 2. The van der Waals surface area contributed by atoms with Crippen LogP contribution in [0.1, 0.15) is 24.0 Å². The quantitative estimate of drug-likeness (QED) is 0.745. The van der Waals surface area contributed by atoms with Gasteiger partial charge in [-0.25, -0.2) is 19.9 Å². The van der Waals surface area contributed by atoms with Crippen LogP contribution in [0.3, 0.4) is 0 Å². The highest BCUT2D eigenvalue weighted by Gasteiger charge is 2.43. The van der Waals surface area contributed by atoms with Gasteiger partial charge in [-0.2, -0.15) is 0 Å². The Morgan fingerprint density at radius 3 is 3.04 bits per heavy atom. The van der Waals surface area contributed by atoms with Crippen molar-refractivity contribution in [2.24, 2.45) is 0 Å². The summed E-state index contributed by atoms with van der Waals surface area (Å²) in [6, 6.07) is 0. The molecule has 0 aromatic carbocycles. The molecule has 1 unspecified atom stereocenters. The number of nitrogens with zero attached hydrogens (tertiary/aromatic N) is 5. The monoisotopic (exact) mass is 343 g/mol. The topological polar surface area (TPSA) is 99.7 Å². The van der Waals surface area contributed by atoms with Crippen LogP contribution in [0.25, 0.3) is 11.2 Å². The van der Waals surface area contributed by atoms with Crippen LogP contribution in [0.2, 0.25) is 0 Å². The maximum atomic E-state index is 11.8. The Bertz CT molecular complexity index is 904. The molecule has 124 valence electrons. The molecular weight excluding hydrogens is 326 g/mol. The second-order valence-corrected chi connectivity index (χ2v) is 6.89. The van der Waals surface area contributed by atoms with Gasteiger partial charge >= 0.3 is 0 Å². The van der Waals surface area contributed by atoms with Crippen molar-refractivity contribution in [2.45, 2.75) is 25.8 Å². The largest absolute Gasteiger partial charge is 0.352 e. The maximum Gasteiger partial charge on any atom is 0.217 e. The van der Waals surface area contributed by atoms with E-state index in [9.17, 15) is 4.79 Å². The Labute approximate surface area is 142 Å². The molecule has 0 spiro atoms. The number of H-pyrrole nitrogens is 1. The van der Waals surface area contributed by atoms with Crippen molar-refractivity contribution >= 4 is 34.2 Å². The van der Waals surface area contributed by atoms with Gasteiger partial charge in [-0.1, -0.05) is 0 Å². The molecule has 24 heavy (non-hydrogen) atoms. The zero-order valence-corrected chi connectivity index (χ0v) is 14.2. The summed E-state index contributed by atoms with van der Waals surface area (Å²) in [5.41, 5.74) is 1.94. The molecule has 8 nitrogen and oxygen atoms in total. The number of imidazole rings is 1. The summed E-state index contributed by atoms with van der Waals surface area (Å²) in [4.78, 5) is 34.4. The van der Waals surface area contributed by atoms with Gasteiger partial charge in [-0.15, -0.1) is 11.3 Å². The molecule has 1 aliphatic rings. The third kappa shape index (κ3) is 2.41. The molecule has 1 saturated heterocycles. The molecule has 0 aliphatic carbocycles. The number of aromatic nitrogens is 5. The lowest BCUT2D eigenvalue weighted by molar-refractivity contribution is -0.120. The van der Waals surface area contributed by atoms with Crippen LogP contribution in [0.4, 0.5) is 5.82 Å². The number of amides is 1. The van der Waals surface area contributed by atoms with Gasteiger partial charge in [0, 0.05) is 31.1 Å². The highest BCUT2D eigenvalue weighted by molar-refractivity contribution is 7.09.